The summed E-state index contributed by atoms with van der Waals surface area (Å²) in [6.45, 7) is 7.19. The van der Waals surface area contributed by atoms with Crippen molar-refractivity contribution in [1.29, 1.82) is 0 Å². The number of hydrogen-bond donors (Lipinski definition) is 0. The monoisotopic (exact) mass is 346 g/mol. The SMILES string of the molecule is CC1=C(N2CCC(C)(C)CC2=O)C=NC(C#Cc2ccccc2)=CCC1. The molecule has 1 saturated heterocycles. The van der Waals surface area contributed by atoms with Gasteiger partial charge in [0.1, 0.15) is 5.70 Å². The molecule has 0 aliphatic carbocycles. The van der Waals surface area contributed by atoms with Crippen molar-refractivity contribution in [3.05, 3.63) is 58.9 Å². The largest absolute Gasteiger partial charge is 0.311 e. The number of likely N-dealkylation sites (tertiary alicyclic amines) is 1. The third kappa shape index (κ3) is 4.52. The van der Waals surface area contributed by atoms with Gasteiger partial charge in [0.2, 0.25) is 5.91 Å². The number of carbonyl (C=O) groups excluding carboxylic acids is 1. The molecular formula is C23H26N2O. The number of allylic oxidation sites excluding steroid dienone is 4. The van der Waals surface area contributed by atoms with Crippen LogP contribution in [0, 0.1) is 17.3 Å². The van der Waals surface area contributed by atoms with Gasteiger partial charge in [0, 0.05) is 18.5 Å². The molecule has 1 fully saturated rings. The standard InChI is InChI=1S/C23H26N2O/c1-18-8-7-11-20(13-12-19-9-5-4-6-10-19)24-17-21(18)25-15-14-23(2,3)16-22(25)26/h4-6,9-11,17H,7-8,14-16H2,1-3H3. The highest BCUT2D eigenvalue weighted by atomic mass is 16.2. The third-order valence-corrected chi connectivity index (χ3v) is 4.96. The minimum atomic E-state index is 0.0903. The van der Waals surface area contributed by atoms with Crippen LogP contribution in [0.1, 0.15) is 52.0 Å². The molecule has 1 aromatic rings. The van der Waals surface area contributed by atoms with Gasteiger partial charge in [-0.2, -0.15) is 0 Å². The van der Waals surface area contributed by atoms with E-state index in [1.165, 1.54) is 5.57 Å². The number of amides is 1. The van der Waals surface area contributed by atoms with Gasteiger partial charge in [0.05, 0.1) is 11.9 Å². The predicted molar refractivity (Wildman–Crippen MR) is 107 cm³/mol. The molecule has 0 spiro atoms. The van der Waals surface area contributed by atoms with Crippen LogP contribution in [0.3, 0.4) is 0 Å². The average Bonchev–Trinajstić information content (AvgIpc) is 2.59. The molecule has 2 heterocycles. The van der Waals surface area contributed by atoms with Crippen LogP contribution >= 0.6 is 0 Å². The number of aliphatic imine (C=N–C) groups is 1. The van der Waals surface area contributed by atoms with E-state index >= 15 is 0 Å². The maximum atomic E-state index is 12.6. The van der Waals surface area contributed by atoms with Gasteiger partial charge in [0.15, 0.2) is 0 Å². The van der Waals surface area contributed by atoms with Crippen LogP contribution in [-0.2, 0) is 4.79 Å². The first-order valence-corrected chi connectivity index (χ1v) is 9.26. The zero-order chi connectivity index (χ0) is 18.6. The summed E-state index contributed by atoms with van der Waals surface area (Å²) in [5, 5.41) is 0. The van der Waals surface area contributed by atoms with Crippen LogP contribution in [-0.4, -0.2) is 23.6 Å². The fourth-order valence-electron chi connectivity index (χ4n) is 3.28. The molecule has 0 bridgehead atoms. The molecular weight excluding hydrogens is 320 g/mol. The Hall–Kier alpha value is -2.60. The zero-order valence-electron chi connectivity index (χ0n) is 15.9. The number of piperidine rings is 1. The minimum Gasteiger partial charge on any atom is -0.311 e. The van der Waals surface area contributed by atoms with Crippen molar-refractivity contribution in [2.45, 2.75) is 46.5 Å². The number of hydrogen-bond acceptors (Lipinski definition) is 2. The molecule has 0 atom stereocenters. The van der Waals surface area contributed by atoms with Gasteiger partial charge in [-0.05, 0) is 61.3 Å². The summed E-state index contributed by atoms with van der Waals surface area (Å²) in [7, 11) is 0. The lowest BCUT2D eigenvalue weighted by Gasteiger charge is -2.37. The Labute approximate surface area is 156 Å². The number of rotatable bonds is 1. The second kappa shape index (κ2) is 7.74. The fraction of sp³-hybridized carbons (Fsp3) is 0.391. The van der Waals surface area contributed by atoms with Gasteiger partial charge in [-0.1, -0.05) is 38.0 Å². The van der Waals surface area contributed by atoms with Crippen LogP contribution in [0.25, 0.3) is 0 Å². The van der Waals surface area contributed by atoms with Crippen LogP contribution in [0.4, 0.5) is 0 Å². The summed E-state index contributed by atoms with van der Waals surface area (Å²) >= 11 is 0. The van der Waals surface area contributed by atoms with Crippen molar-refractivity contribution in [2.75, 3.05) is 6.54 Å². The van der Waals surface area contributed by atoms with Crippen LogP contribution < -0.4 is 0 Å². The van der Waals surface area contributed by atoms with Crippen molar-refractivity contribution < 1.29 is 4.79 Å². The van der Waals surface area contributed by atoms with Crippen molar-refractivity contribution in [3.8, 4) is 11.8 Å². The summed E-state index contributed by atoms with van der Waals surface area (Å²) < 4.78 is 0. The summed E-state index contributed by atoms with van der Waals surface area (Å²) in [5.41, 5.74) is 4.01. The first kappa shape index (κ1) is 18.2. The smallest absolute Gasteiger partial charge is 0.227 e. The molecule has 2 aliphatic rings. The predicted octanol–water partition coefficient (Wildman–Crippen LogP) is 4.71. The number of benzene rings is 1. The Morgan fingerprint density at radius 3 is 2.65 bits per heavy atom. The summed E-state index contributed by atoms with van der Waals surface area (Å²) in [4.78, 5) is 19.1. The Bertz CT molecular complexity index is 832. The lowest BCUT2D eigenvalue weighted by atomic mass is 9.82. The molecule has 1 aromatic carbocycles. The highest BCUT2D eigenvalue weighted by Gasteiger charge is 2.33. The summed E-state index contributed by atoms with van der Waals surface area (Å²) in [6, 6.07) is 9.92. The summed E-state index contributed by atoms with van der Waals surface area (Å²) in [6.07, 6.45) is 7.32. The highest BCUT2D eigenvalue weighted by molar-refractivity contribution is 5.90. The van der Waals surface area contributed by atoms with Crippen LogP contribution in [0.5, 0.6) is 0 Å². The molecule has 134 valence electrons. The van der Waals surface area contributed by atoms with Gasteiger partial charge < -0.3 is 4.90 Å². The molecule has 0 saturated carbocycles. The third-order valence-electron chi connectivity index (χ3n) is 4.96. The molecule has 0 unspecified atom stereocenters. The fourth-order valence-corrected chi connectivity index (χ4v) is 3.28. The van der Waals surface area contributed by atoms with Crippen molar-refractivity contribution >= 4 is 12.1 Å². The quantitative estimate of drug-likeness (QED) is 0.678. The van der Waals surface area contributed by atoms with E-state index in [9.17, 15) is 4.79 Å². The van der Waals surface area contributed by atoms with Gasteiger partial charge in [0.25, 0.3) is 0 Å². The number of carbonyl (C=O) groups is 1. The lowest BCUT2D eigenvalue weighted by molar-refractivity contribution is -0.134. The Morgan fingerprint density at radius 2 is 1.92 bits per heavy atom. The first-order valence-electron chi connectivity index (χ1n) is 9.26. The van der Waals surface area contributed by atoms with Gasteiger partial charge in [-0.3, -0.25) is 4.79 Å². The Balaban J connectivity index is 1.80. The van der Waals surface area contributed by atoms with Crippen molar-refractivity contribution in [3.63, 3.8) is 0 Å². The zero-order valence-corrected chi connectivity index (χ0v) is 15.9. The Morgan fingerprint density at radius 1 is 1.15 bits per heavy atom. The van der Waals surface area contributed by atoms with E-state index in [0.717, 1.165) is 42.8 Å². The Kier molecular flexibility index (Phi) is 5.42. The summed E-state index contributed by atoms with van der Waals surface area (Å²) in [5.74, 6) is 6.51. The first-order chi connectivity index (χ1) is 12.4. The molecule has 0 radical (unpaired) electrons. The van der Waals surface area contributed by atoms with Crippen LogP contribution in [0.15, 0.2) is 58.4 Å². The van der Waals surface area contributed by atoms with Crippen molar-refractivity contribution in [2.24, 2.45) is 10.4 Å². The molecule has 3 rings (SSSR count). The van der Waals surface area contributed by atoms with Gasteiger partial charge >= 0.3 is 0 Å². The van der Waals surface area contributed by atoms with E-state index < -0.39 is 0 Å². The van der Waals surface area contributed by atoms with E-state index in [4.69, 9.17) is 0 Å². The number of nitrogens with zero attached hydrogens (tertiary/aromatic N) is 2. The molecule has 26 heavy (non-hydrogen) atoms. The average molecular weight is 346 g/mol. The molecule has 2 aliphatic heterocycles. The van der Waals surface area contributed by atoms with E-state index in [2.05, 4.69) is 43.7 Å². The van der Waals surface area contributed by atoms with Gasteiger partial charge in [-0.15, -0.1) is 0 Å². The van der Waals surface area contributed by atoms with Gasteiger partial charge in [-0.25, -0.2) is 4.99 Å². The maximum absolute atomic E-state index is 12.6. The molecule has 0 N–H and O–H groups in total. The van der Waals surface area contributed by atoms with E-state index in [0.29, 0.717) is 6.42 Å². The highest BCUT2D eigenvalue weighted by Crippen LogP contribution is 2.33. The maximum Gasteiger partial charge on any atom is 0.227 e. The van der Waals surface area contributed by atoms with E-state index in [1.807, 2.05) is 41.4 Å². The molecule has 0 aromatic heterocycles. The second-order valence-electron chi connectivity index (χ2n) is 7.80. The molecule has 1 amide bonds. The second-order valence-corrected chi connectivity index (χ2v) is 7.80. The molecule has 3 heteroatoms. The lowest BCUT2D eigenvalue weighted by Crippen LogP contribution is -2.42. The molecule has 3 nitrogen and oxygen atoms in total. The minimum absolute atomic E-state index is 0.0903. The van der Waals surface area contributed by atoms with Crippen molar-refractivity contribution in [1.82, 2.24) is 4.90 Å². The normalized spacial score (nSPS) is 20.0. The van der Waals surface area contributed by atoms with E-state index in [-0.39, 0.29) is 11.3 Å². The van der Waals surface area contributed by atoms with E-state index in [1.54, 1.807) is 0 Å². The topological polar surface area (TPSA) is 32.7 Å². The van der Waals surface area contributed by atoms with Crippen LogP contribution in [0.2, 0.25) is 0 Å².